The summed E-state index contributed by atoms with van der Waals surface area (Å²) in [5.41, 5.74) is 5.90. The van der Waals surface area contributed by atoms with E-state index >= 15 is 0 Å². The van der Waals surface area contributed by atoms with Crippen molar-refractivity contribution >= 4 is 29.7 Å². The predicted molar refractivity (Wildman–Crippen MR) is 125 cm³/mol. The Kier molecular flexibility index (Phi) is 7.63. The molecule has 0 aliphatic rings. The van der Waals surface area contributed by atoms with Crippen molar-refractivity contribution < 1.29 is 19.1 Å². The fraction of sp³-hybridized carbons (Fsp3) is 0.160. The zero-order valence-electron chi connectivity index (χ0n) is 18.0. The van der Waals surface area contributed by atoms with E-state index in [-0.39, 0.29) is 0 Å². The van der Waals surface area contributed by atoms with Gasteiger partial charge in [0.2, 0.25) is 0 Å². The minimum absolute atomic E-state index is 0.296. The molecule has 0 aromatic heterocycles. The number of nitrogens with one attached hydrogen (secondary N) is 1. The molecule has 0 fully saturated rings. The lowest BCUT2D eigenvalue weighted by Crippen LogP contribution is -2.18. The smallest absolute Gasteiger partial charge is 0.343 e. The van der Waals surface area contributed by atoms with Gasteiger partial charge in [-0.2, -0.15) is 5.10 Å². The topological polar surface area (TPSA) is 77.0 Å². The van der Waals surface area contributed by atoms with Gasteiger partial charge in [-0.05, 0) is 74.4 Å². The molecule has 1 amide bonds. The van der Waals surface area contributed by atoms with Crippen LogP contribution in [0.1, 0.15) is 44.3 Å². The molecule has 7 heteroatoms. The van der Waals surface area contributed by atoms with Gasteiger partial charge in [0.05, 0.1) is 29.0 Å². The predicted octanol–water partition coefficient (Wildman–Crippen LogP) is 5.34. The molecule has 0 bridgehead atoms. The minimum atomic E-state index is -0.477. The first-order chi connectivity index (χ1) is 15.4. The maximum absolute atomic E-state index is 12.4. The molecule has 0 aliphatic heterocycles. The number of aryl methyl sites for hydroxylation is 2. The van der Waals surface area contributed by atoms with Gasteiger partial charge in [-0.1, -0.05) is 35.4 Å². The third-order valence-corrected chi connectivity index (χ3v) is 4.82. The lowest BCUT2D eigenvalue weighted by Gasteiger charge is -2.11. The van der Waals surface area contributed by atoms with Crippen LogP contribution in [0, 0.1) is 13.8 Å². The minimum Gasteiger partial charge on any atom is -0.490 e. The zero-order valence-corrected chi connectivity index (χ0v) is 18.8. The normalized spacial score (nSPS) is 10.8. The van der Waals surface area contributed by atoms with Gasteiger partial charge in [0.15, 0.2) is 11.5 Å². The molecular weight excluding hydrogens is 428 g/mol. The van der Waals surface area contributed by atoms with Crippen LogP contribution in [0.4, 0.5) is 0 Å². The average Bonchev–Trinajstić information content (AvgIpc) is 2.76. The van der Waals surface area contributed by atoms with E-state index in [4.69, 9.17) is 21.1 Å². The van der Waals surface area contributed by atoms with Gasteiger partial charge in [-0.25, -0.2) is 10.2 Å². The van der Waals surface area contributed by atoms with Crippen molar-refractivity contribution in [2.45, 2.75) is 20.8 Å². The second-order valence-electron chi connectivity index (χ2n) is 7.08. The number of hydrogen-bond donors (Lipinski definition) is 1. The summed E-state index contributed by atoms with van der Waals surface area (Å²) in [4.78, 5) is 24.7. The third-order valence-electron chi connectivity index (χ3n) is 4.51. The summed E-state index contributed by atoms with van der Waals surface area (Å²) < 4.78 is 11.1. The van der Waals surface area contributed by atoms with Gasteiger partial charge in [0.25, 0.3) is 5.91 Å². The molecular formula is C25H23ClN2O4. The lowest BCUT2D eigenvalue weighted by molar-refractivity contribution is 0.0728. The molecule has 0 atom stereocenters. The Morgan fingerprint density at radius 3 is 2.38 bits per heavy atom. The molecule has 0 unspecified atom stereocenters. The number of esters is 1. The number of carbonyl (C=O) groups excluding carboxylic acids is 2. The number of ether oxygens (including phenoxy) is 2. The van der Waals surface area contributed by atoms with E-state index in [0.717, 1.165) is 11.1 Å². The largest absolute Gasteiger partial charge is 0.490 e. The van der Waals surface area contributed by atoms with Gasteiger partial charge in [-0.15, -0.1) is 0 Å². The van der Waals surface area contributed by atoms with Crippen LogP contribution >= 0.6 is 11.6 Å². The first-order valence-electron chi connectivity index (χ1n) is 10.0. The molecule has 0 spiro atoms. The van der Waals surface area contributed by atoms with Crippen LogP contribution in [0.15, 0.2) is 65.8 Å². The van der Waals surface area contributed by atoms with Crippen LogP contribution in [-0.2, 0) is 0 Å². The Labute approximate surface area is 191 Å². The number of halogens is 1. The Balaban J connectivity index is 1.71. The van der Waals surface area contributed by atoms with Crippen LogP contribution in [0.2, 0.25) is 5.02 Å². The second kappa shape index (κ2) is 10.6. The summed E-state index contributed by atoms with van der Waals surface area (Å²) in [6.45, 7) is 6.06. The number of hydrazone groups is 1. The van der Waals surface area contributed by atoms with Crippen molar-refractivity contribution in [3.63, 3.8) is 0 Å². The molecule has 32 heavy (non-hydrogen) atoms. The summed E-state index contributed by atoms with van der Waals surface area (Å²) in [6.07, 6.45) is 1.47. The van der Waals surface area contributed by atoms with E-state index in [1.165, 1.54) is 6.21 Å². The van der Waals surface area contributed by atoms with Gasteiger partial charge in [0.1, 0.15) is 0 Å². The Morgan fingerprint density at radius 1 is 0.969 bits per heavy atom. The zero-order chi connectivity index (χ0) is 23.1. The van der Waals surface area contributed by atoms with E-state index in [2.05, 4.69) is 10.5 Å². The van der Waals surface area contributed by atoms with Crippen molar-refractivity contribution in [2.24, 2.45) is 5.10 Å². The molecule has 6 nitrogen and oxygen atoms in total. The van der Waals surface area contributed by atoms with Crippen LogP contribution in [0.5, 0.6) is 11.5 Å². The standard InChI is InChI=1S/C25H23ClN2O4/c1-4-31-23-14-18(15-27-28-24(29)20-11-7-17(3)13-21(20)26)8-12-22(23)32-25(30)19-9-5-16(2)6-10-19/h5-15H,4H2,1-3H3,(H,28,29)/b27-15+. The molecule has 3 rings (SSSR count). The molecule has 3 aromatic carbocycles. The highest BCUT2D eigenvalue weighted by Gasteiger charge is 2.13. The Hall–Kier alpha value is -3.64. The molecule has 164 valence electrons. The first kappa shape index (κ1) is 23.0. The van der Waals surface area contributed by atoms with E-state index in [1.54, 1.807) is 48.5 Å². The summed E-state index contributed by atoms with van der Waals surface area (Å²) in [5.74, 6) is -0.204. The molecule has 0 radical (unpaired) electrons. The first-order valence-corrected chi connectivity index (χ1v) is 10.4. The maximum Gasteiger partial charge on any atom is 0.343 e. The van der Waals surface area contributed by atoms with Crippen molar-refractivity contribution in [2.75, 3.05) is 6.61 Å². The van der Waals surface area contributed by atoms with Crippen LogP contribution < -0.4 is 14.9 Å². The lowest BCUT2D eigenvalue weighted by atomic mass is 10.1. The summed E-state index contributed by atoms with van der Waals surface area (Å²) in [5, 5.41) is 4.34. The Morgan fingerprint density at radius 2 is 1.69 bits per heavy atom. The van der Waals surface area contributed by atoms with Gasteiger partial charge in [-0.3, -0.25) is 4.79 Å². The van der Waals surface area contributed by atoms with Gasteiger partial charge >= 0.3 is 5.97 Å². The van der Waals surface area contributed by atoms with E-state index in [0.29, 0.717) is 39.8 Å². The van der Waals surface area contributed by atoms with Crippen molar-refractivity contribution in [3.05, 3.63) is 93.5 Å². The average molecular weight is 451 g/mol. The number of rotatable bonds is 7. The second-order valence-corrected chi connectivity index (χ2v) is 7.48. The van der Waals surface area contributed by atoms with E-state index < -0.39 is 11.9 Å². The van der Waals surface area contributed by atoms with E-state index in [1.807, 2.05) is 32.9 Å². The number of benzene rings is 3. The number of nitrogens with zero attached hydrogens (tertiary/aromatic N) is 1. The van der Waals surface area contributed by atoms with Crippen molar-refractivity contribution in [1.29, 1.82) is 0 Å². The summed E-state index contributed by atoms with van der Waals surface area (Å²) in [6, 6.07) is 17.3. The number of carbonyl (C=O) groups is 2. The van der Waals surface area contributed by atoms with Crippen molar-refractivity contribution in [3.8, 4) is 11.5 Å². The molecule has 3 aromatic rings. The molecule has 0 heterocycles. The summed E-state index contributed by atoms with van der Waals surface area (Å²) in [7, 11) is 0. The molecule has 1 N–H and O–H groups in total. The van der Waals surface area contributed by atoms with Crippen molar-refractivity contribution in [1.82, 2.24) is 5.43 Å². The SMILES string of the molecule is CCOc1cc(/C=N/NC(=O)c2ccc(C)cc2Cl)ccc1OC(=O)c1ccc(C)cc1. The highest BCUT2D eigenvalue weighted by Crippen LogP contribution is 2.29. The van der Waals surface area contributed by atoms with Crippen LogP contribution in [0.25, 0.3) is 0 Å². The van der Waals surface area contributed by atoms with E-state index in [9.17, 15) is 9.59 Å². The molecule has 0 saturated carbocycles. The highest BCUT2D eigenvalue weighted by atomic mass is 35.5. The maximum atomic E-state index is 12.4. The third kappa shape index (κ3) is 5.95. The monoisotopic (exact) mass is 450 g/mol. The Bertz CT molecular complexity index is 1160. The van der Waals surface area contributed by atoms with Crippen LogP contribution in [0.3, 0.4) is 0 Å². The molecule has 0 aliphatic carbocycles. The number of hydrogen-bond acceptors (Lipinski definition) is 5. The fourth-order valence-corrected chi connectivity index (χ4v) is 3.16. The van der Waals surface area contributed by atoms with Gasteiger partial charge in [0, 0.05) is 0 Å². The van der Waals surface area contributed by atoms with Gasteiger partial charge < -0.3 is 9.47 Å². The quantitative estimate of drug-likeness (QED) is 0.228. The fourth-order valence-electron chi connectivity index (χ4n) is 2.84. The number of amides is 1. The summed E-state index contributed by atoms with van der Waals surface area (Å²) >= 11 is 6.12. The highest BCUT2D eigenvalue weighted by molar-refractivity contribution is 6.33. The van der Waals surface area contributed by atoms with Crippen LogP contribution in [-0.4, -0.2) is 24.7 Å². The molecule has 0 saturated heterocycles.